The largest absolute Gasteiger partial charge is 0.378 e. The average molecular weight is 419 g/mol. The van der Waals surface area contributed by atoms with Gasteiger partial charge in [-0.2, -0.15) is 0 Å². The molecule has 1 aliphatic rings. The van der Waals surface area contributed by atoms with Crippen LogP contribution in [0.2, 0.25) is 0 Å². The first kappa shape index (κ1) is 20.7. The molecule has 3 aromatic rings. The van der Waals surface area contributed by atoms with Crippen molar-refractivity contribution in [2.75, 3.05) is 37.0 Å². The van der Waals surface area contributed by atoms with Gasteiger partial charge in [-0.05, 0) is 43.2 Å². The molecular formula is C23H26N6O2. The molecule has 0 aliphatic carbocycles. The minimum atomic E-state index is -0.161. The predicted molar refractivity (Wildman–Crippen MR) is 121 cm³/mol. The van der Waals surface area contributed by atoms with Gasteiger partial charge in [-0.1, -0.05) is 0 Å². The number of hydrogen-bond donors (Lipinski definition) is 0. The molecule has 1 atom stereocenters. The number of piperidine rings is 1. The molecule has 2 aromatic heterocycles. The van der Waals surface area contributed by atoms with Crippen molar-refractivity contribution in [3.8, 4) is 11.4 Å². The quantitative estimate of drug-likeness (QED) is 0.588. The second kappa shape index (κ2) is 8.67. The van der Waals surface area contributed by atoms with Crippen molar-refractivity contribution in [2.45, 2.75) is 12.8 Å². The van der Waals surface area contributed by atoms with E-state index in [0.717, 1.165) is 25.1 Å². The third-order valence-electron chi connectivity index (χ3n) is 5.70. The van der Waals surface area contributed by atoms with Gasteiger partial charge in [-0.25, -0.2) is 15.0 Å². The van der Waals surface area contributed by atoms with Crippen LogP contribution in [0.15, 0.2) is 53.7 Å². The molecule has 0 saturated carbocycles. The number of carbonyl (C=O) groups is 1. The summed E-state index contributed by atoms with van der Waals surface area (Å²) >= 11 is 0. The molecule has 0 amide bonds. The smallest absolute Gasteiger partial charge is 0.255 e. The first-order valence-corrected chi connectivity index (χ1v) is 10.3. The third kappa shape index (κ3) is 4.33. The van der Waals surface area contributed by atoms with Crippen LogP contribution in [0.4, 0.5) is 11.6 Å². The molecule has 1 aliphatic heterocycles. The van der Waals surface area contributed by atoms with Gasteiger partial charge in [-0.3, -0.25) is 14.2 Å². The van der Waals surface area contributed by atoms with Gasteiger partial charge in [0.1, 0.15) is 6.33 Å². The van der Waals surface area contributed by atoms with E-state index in [1.165, 1.54) is 17.0 Å². The molecule has 1 unspecified atom stereocenters. The summed E-state index contributed by atoms with van der Waals surface area (Å²) in [4.78, 5) is 42.6. The van der Waals surface area contributed by atoms with Crippen LogP contribution in [0.3, 0.4) is 0 Å². The summed E-state index contributed by atoms with van der Waals surface area (Å²) in [6.07, 6.45) is 4.74. The van der Waals surface area contributed by atoms with Gasteiger partial charge in [0.25, 0.3) is 5.56 Å². The van der Waals surface area contributed by atoms with E-state index >= 15 is 0 Å². The molecule has 1 saturated heterocycles. The van der Waals surface area contributed by atoms with Gasteiger partial charge >= 0.3 is 0 Å². The zero-order valence-corrected chi connectivity index (χ0v) is 18.0. The molecule has 0 N–H and O–H groups in total. The molecule has 160 valence electrons. The fourth-order valence-electron chi connectivity index (χ4n) is 3.92. The Bertz CT molecular complexity index is 1130. The maximum Gasteiger partial charge on any atom is 0.255 e. The summed E-state index contributed by atoms with van der Waals surface area (Å²) in [6.45, 7) is 1.28. The highest BCUT2D eigenvalue weighted by atomic mass is 16.1. The number of benzene rings is 1. The monoisotopic (exact) mass is 418 g/mol. The number of ketones is 1. The Balaban J connectivity index is 1.59. The van der Waals surface area contributed by atoms with Crippen molar-refractivity contribution in [1.29, 1.82) is 0 Å². The van der Waals surface area contributed by atoms with Gasteiger partial charge in [0.15, 0.2) is 5.78 Å². The Kier molecular flexibility index (Phi) is 5.79. The molecule has 3 heterocycles. The third-order valence-corrected chi connectivity index (χ3v) is 5.70. The number of carbonyl (C=O) groups excluding carboxylic acids is 1. The van der Waals surface area contributed by atoms with Gasteiger partial charge in [0, 0.05) is 63.7 Å². The summed E-state index contributed by atoms with van der Waals surface area (Å²) in [7, 11) is 5.66. The lowest BCUT2D eigenvalue weighted by Crippen LogP contribution is -2.42. The fraction of sp³-hybridized carbons (Fsp3) is 0.348. The zero-order chi connectivity index (χ0) is 22.0. The van der Waals surface area contributed by atoms with Crippen molar-refractivity contribution in [3.05, 3.63) is 64.8 Å². The lowest BCUT2D eigenvalue weighted by Gasteiger charge is -2.33. The number of nitrogens with zero attached hydrogens (tertiary/aromatic N) is 6. The molecule has 0 bridgehead atoms. The van der Waals surface area contributed by atoms with Crippen LogP contribution in [0.25, 0.3) is 11.4 Å². The summed E-state index contributed by atoms with van der Waals surface area (Å²) in [5, 5.41) is 0. The van der Waals surface area contributed by atoms with Crippen molar-refractivity contribution in [1.82, 2.24) is 19.5 Å². The van der Waals surface area contributed by atoms with Crippen LogP contribution in [-0.2, 0) is 7.05 Å². The second-order valence-electron chi connectivity index (χ2n) is 8.02. The molecule has 1 aromatic carbocycles. The molecule has 8 heteroatoms. The van der Waals surface area contributed by atoms with Crippen molar-refractivity contribution in [3.63, 3.8) is 0 Å². The SMILES string of the molecule is CN(C)c1ccc(C(=O)C2CCCN(c3nc(-c4ccncn4)cc(=O)n3C)C2)cc1. The van der Waals surface area contributed by atoms with Crippen LogP contribution in [0.5, 0.6) is 0 Å². The van der Waals surface area contributed by atoms with Crippen LogP contribution >= 0.6 is 0 Å². The first-order chi connectivity index (χ1) is 14.9. The Morgan fingerprint density at radius 1 is 1.13 bits per heavy atom. The maximum atomic E-state index is 13.2. The lowest BCUT2D eigenvalue weighted by atomic mass is 9.90. The summed E-state index contributed by atoms with van der Waals surface area (Å²) in [5.41, 5.74) is 2.72. The molecule has 1 fully saturated rings. The van der Waals surface area contributed by atoms with Crippen LogP contribution in [-0.4, -0.2) is 52.5 Å². The minimum Gasteiger partial charge on any atom is -0.378 e. The summed E-state index contributed by atoms with van der Waals surface area (Å²) in [5.74, 6) is 0.548. The molecule has 0 spiro atoms. The molecule has 0 radical (unpaired) electrons. The first-order valence-electron chi connectivity index (χ1n) is 10.3. The highest BCUT2D eigenvalue weighted by Crippen LogP contribution is 2.26. The van der Waals surface area contributed by atoms with E-state index in [1.807, 2.05) is 48.2 Å². The van der Waals surface area contributed by atoms with E-state index in [1.54, 1.807) is 19.3 Å². The number of Topliss-reactive ketones (excluding diaryl/α,β-unsaturated/α-hetero) is 1. The Morgan fingerprint density at radius 2 is 1.90 bits per heavy atom. The van der Waals surface area contributed by atoms with Crippen LogP contribution < -0.4 is 15.4 Å². The summed E-state index contributed by atoms with van der Waals surface area (Å²) in [6, 6.07) is 10.9. The maximum absolute atomic E-state index is 13.2. The topological polar surface area (TPSA) is 84.2 Å². The van der Waals surface area contributed by atoms with Crippen molar-refractivity contribution >= 4 is 17.4 Å². The lowest BCUT2D eigenvalue weighted by molar-refractivity contribution is 0.0906. The Labute approximate surface area is 181 Å². The Morgan fingerprint density at radius 3 is 2.58 bits per heavy atom. The standard InChI is InChI=1S/C23H26N6O2/c1-27(2)18-8-6-16(7-9-18)22(31)17-5-4-12-29(14-17)23-26-20(13-21(30)28(23)3)19-10-11-24-15-25-19/h6-11,13,15,17H,4-5,12,14H2,1-3H3. The van der Waals surface area contributed by atoms with E-state index in [2.05, 4.69) is 9.97 Å². The number of rotatable bonds is 5. The van der Waals surface area contributed by atoms with Crippen molar-refractivity contribution < 1.29 is 4.79 Å². The van der Waals surface area contributed by atoms with Gasteiger partial charge in [0.05, 0.1) is 11.4 Å². The molecule has 4 rings (SSSR count). The van der Waals surface area contributed by atoms with E-state index in [9.17, 15) is 9.59 Å². The predicted octanol–water partition coefficient (Wildman–Crippen LogP) is 2.40. The minimum absolute atomic E-state index is 0.131. The van der Waals surface area contributed by atoms with E-state index < -0.39 is 0 Å². The zero-order valence-electron chi connectivity index (χ0n) is 18.0. The van der Waals surface area contributed by atoms with Crippen LogP contribution in [0.1, 0.15) is 23.2 Å². The fourth-order valence-corrected chi connectivity index (χ4v) is 3.92. The average Bonchev–Trinajstić information content (AvgIpc) is 2.81. The van der Waals surface area contributed by atoms with Crippen LogP contribution in [0, 0.1) is 5.92 Å². The highest BCUT2D eigenvalue weighted by molar-refractivity contribution is 5.98. The van der Waals surface area contributed by atoms with Crippen molar-refractivity contribution in [2.24, 2.45) is 13.0 Å². The number of anilines is 2. The number of hydrogen-bond acceptors (Lipinski definition) is 7. The summed E-state index contributed by atoms with van der Waals surface area (Å²) < 4.78 is 1.53. The number of aromatic nitrogens is 4. The normalized spacial score (nSPS) is 16.2. The van der Waals surface area contributed by atoms with E-state index in [-0.39, 0.29) is 17.3 Å². The van der Waals surface area contributed by atoms with Gasteiger partial charge < -0.3 is 9.80 Å². The van der Waals surface area contributed by atoms with Gasteiger partial charge in [-0.15, -0.1) is 0 Å². The van der Waals surface area contributed by atoms with E-state index in [4.69, 9.17) is 4.98 Å². The second-order valence-corrected chi connectivity index (χ2v) is 8.02. The van der Waals surface area contributed by atoms with E-state index in [0.29, 0.717) is 29.4 Å². The molecule has 31 heavy (non-hydrogen) atoms. The Hall–Kier alpha value is -3.55. The molecular weight excluding hydrogens is 392 g/mol. The molecule has 8 nitrogen and oxygen atoms in total. The highest BCUT2D eigenvalue weighted by Gasteiger charge is 2.28. The van der Waals surface area contributed by atoms with Gasteiger partial charge in [0.2, 0.25) is 5.95 Å².